The van der Waals surface area contributed by atoms with E-state index in [0.29, 0.717) is 18.8 Å². The van der Waals surface area contributed by atoms with E-state index >= 15 is 0 Å². The number of halogens is 1. The van der Waals surface area contributed by atoms with Gasteiger partial charge in [0, 0.05) is 12.7 Å². The predicted octanol–water partition coefficient (Wildman–Crippen LogP) is 2.63. The second kappa shape index (κ2) is 6.32. The molecule has 0 radical (unpaired) electrons. The van der Waals surface area contributed by atoms with Crippen molar-refractivity contribution in [3.8, 4) is 0 Å². The molecule has 0 spiro atoms. The van der Waals surface area contributed by atoms with Gasteiger partial charge >= 0.3 is 0 Å². The standard InChI is InChI=1S/C12H15FO2/c1-3-10-4-5-11(12(13)8-10)9-15-7-6-14-2/h3-5,8H,1,6-7,9H2,2H3. The molecule has 2 nitrogen and oxygen atoms in total. The lowest BCUT2D eigenvalue weighted by Crippen LogP contribution is -2.03. The Labute approximate surface area is 89.3 Å². The summed E-state index contributed by atoms with van der Waals surface area (Å²) in [5, 5.41) is 0. The van der Waals surface area contributed by atoms with Gasteiger partial charge < -0.3 is 9.47 Å². The largest absolute Gasteiger partial charge is 0.382 e. The van der Waals surface area contributed by atoms with Gasteiger partial charge in [0.2, 0.25) is 0 Å². The lowest BCUT2D eigenvalue weighted by Gasteiger charge is -2.05. The van der Waals surface area contributed by atoms with Crippen molar-refractivity contribution in [1.82, 2.24) is 0 Å². The van der Waals surface area contributed by atoms with Gasteiger partial charge in [-0.25, -0.2) is 4.39 Å². The molecule has 0 unspecified atom stereocenters. The molecular weight excluding hydrogens is 195 g/mol. The molecule has 0 N–H and O–H groups in total. The minimum Gasteiger partial charge on any atom is -0.382 e. The molecule has 82 valence electrons. The lowest BCUT2D eigenvalue weighted by molar-refractivity contribution is 0.0604. The lowest BCUT2D eigenvalue weighted by atomic mass is 10.1. The van der Waals surface area contributed by atoms with E-state index in [-0.39, 0.29) is 12.4 Å². The van der Waals surface area contributed by atoms with Crippen LogP contribution in [0.1, 0.15) is 11.1 Å². The minimum atomic E-state index is -0.259. The van der Waals surface area contributed by atoms with E-state index < -0.39 is 0 Å². The van der Waals surface area contributed by atoms with Crippen LogP contribution in [0.5, 0.6) is 0 Å². The molecular formula is C12H15FO2. The van der Waals surface area contributed by atoms with Gasteiger partial charge in [-0.2, -0.15) is 0 Å². The van der Waals surface area contributed by atoms with Gasteiger partial charge in [0.25, 0.3) is 0 Å². The van der Waals surface area contributed by atoms with Crippen molar-refractivity contribution in [1.29, 1.82) is 0 Å². The number of hydrogen-bond acceptors (Lipinski definition) is 2. The third-order valence-electron chi connectivity index (χ3n) is 2.00. The normalized spacial score (nSPS) is 10.3. The summed E-state index contributed by atoms with van der Waals surface area (Å²) in [6, 6.07) is 4.96. The Bertz CT molecular complexity index is 323. The second-order valence-electron chi connectivity index (χ2n) is 3.10. The van der Waals surface area contributed by atoms with Crippen LogP contribution in [0.2, 0.25) is 0 Å². The molecule has 0 bridgehead atoms. The van der Waals surface area contributed by atoms with Crippen LogP contribution in [0, 0.1) is 5.82 Å². The van der Waals surface area contributed by atoms with E-state index in [9.17, 15) is 4.39 Å². The van der Waals surface area contributed by atoms with Crippen molar-refractivity contribution in [2.45, 2.75) is 6.61 Å². The Morgan fingerprint density at radius 1 is 1.40 bits per heavy atom. The predicted molar refractivity (Wildman–Crippen MR) is 58.0 cm³/mol. The van der Waals surface area contributed by atoms with Crippen molar-refractivity contribution < 1.29 is 13.9 Å². The average molecular weight is 210 g/mol. The zero-order valence-electron chi connectivity index (χ0n) is 8.83. The molecule has 1 aromatic carbocycles. The molecule has 0 aliphatic rings. The molecule has 0 fully saturated rings. The SMILES string of the molecule is C=Cc1ccc(COCCOC)c(F)c1. The van der Waals surface area contributed by atoms with E-state index in [0.717, 1.165) is 5.56 Å². The van der Waals surface area contributed by atoms with E-state index in [1.54, 1.807) is 19.3 Å². The molecule has 0 aliphatic heterocycles. The van der Waals surface area contributed by atoms with Crippen molar-refractivity contribution in [3.63, 3.8) is 0 Å². The first kappa shape index (κ1) is 11.9. The van der Waals surface area contributed by atoms with Crippen molar-refractivity contribution in [2.24, 2.45) is 0 Å². The second-order valence-corrected chi connectivity index (χ2v) is 3.10. The van der Waals surface area contributed by atoms with Gasteiger partial charge in [-0.05, 0) is 11.6 Å². The molecule has 0 amide bonds. The van der Waals surface area contributed by atoms with Crippen molar-refractivity contribution in [2.75, 3.05) is 20.3 Å². The highest BCUT2D eigenvalue weighted by atomic mass is 19.1. The number of methoxy groups -OCH3 is 1. The summed E-state index contributed by atoms with van der Waals surface area (Å²) < 4.78 is 23.4. The van der Waals surface area contributed by atoms with Crippen LogP contribution >= 0.6 is 0 Å². The van der Waals surface area contributed by atoms with Crippen LogP contribution < -0.4 is 0 Å². The average Bonchev–Trinajstić information content (AvgIpc) is 2.26. The van der Waals surface area contributed by atoms with Gasteiger partial charge in [0.1, 0.15) is 5.82 Å². The Morgan fingerprint density at radius 3 is 2.80 bits per heavy atom. The fraction of sp³-hybridized carbons (Fsp3) is 0.333. The number of benzene rings is 1. The molecule has 0 aliphatic carbocycles. The molecule has 0 heterocycles. The van der Waals surface area contributed by atoms with Crippen LogP contribution in [-0.2, 0) is 16.1 Å². The Balaban J connectivity index is 2.50. The summed E-state index contributed by atoms with van der Waals surface area (Å²) in [7, 11) is 1.60. The maximum absolute atomic E-state index is 13.4. The summed E-state index contributed by atoms with van der Waals surface area (Å²) in [4.78, 5) is 0. The van der Waals surface area contributed by atoms with Crippen LogP contribution in [0.15, 0.2) is 24.8 Å². The monoisotopic (exact) mass is 210 g/mol. The topological polar surface area (TPSA) is 18.5 Å². The maximum Gasteiger partial charge on any atom is 0.129 e. The molecule has 0 saturated heterocycles. The van der Waals surface area contributed by atoms with E-state index in [1.165, 1.54) is 6.07 Å². The fourth-order valence-electron chi connectivity index (χ4n) is 1.13. The minimum absolute atomic E-state index is 0.259. The maximum atomic E-state index is 13.4. The third kappa shape index (κ3) is 3.81. The van der Waals surface area contributed by atoms with E-state index in [2.05, 4.69) is 6.58 Å². The van der Waals surface area contributed by atoms with Gasteiger partial charge in [-0.1, -0.05) is 24.8 Å². The van der Waals surface area contributed by atoms with Gasteiger partial charge in [0.15, 0.2) is 0 Å². The Kier molecular flexibility index (Phi) is 5.01. The first-order chi connectivity index (χ1) is 7.27. The summed E-state index contributed by atoms with van der Waals surface area (Å²) in [6.45, 7) is 4.84. The van der Waals surface area contributed by atoms with Crippen LogP contribution in [0.3, 0.4) is 0 Å². The quantitative estimate of drug-likeness (QED) is 0.672. The molecule has 0 saturated carbocycles. The third-order valence-corrected chi connectivity index (χ3v) is 2.00. The number of hydrogen-bond donors (Lipinski definition) is 0. The highest BCUT2D eigenvalue weighted by Crippen LogP contribution is 2.12. The number of rotatable bonds is 6. The zero-order chi connectivity index (χ0) is 11.1. The summed E-state index contributed by atoms with van der Waals surface area (Å²) in [5.74, 6) is -0.259. The molecule has 0 aromatic heterocycles. The van der Waals surface area contributed by atoms with Gasteiger partial charge in [-0.15, -0.1) is 0 Å². The summed E-state index contributed by atoms with van der Waals surface area (Å²) >= 11 is 0. The molecule has 15 heavy (non-hydrogen) atoms. The molecule has 1 rings (SSSR count). The first-order valence-corrected chi connectivity index (χ1v) is 4.75. The van der Waals surface area contributed by atoms with Crippen LogP contribution in [0.4, 0.5) is 4.39 Å². The summed E-state index contributed by atoms with van der Waals surface area (Å²) in [5.41, 5.74) is 1.32. The van der Waals surface area contributed by atoms with E-state index in [1.807, 2.05) is 6.07 Å². The molecule has 3 heteroatoms. The zero-order valence-corrected chi connectivity index (χ0v) is 8.83. The molecule has 0 atom stereocenters. The van der Waals surface area contributed by atoms with Crippen LogP contribution in [0.25, 0.3) is 6.08 Å². The highest BCUT2D eigenvalue weighted by Gasteiger charge is 2.02. The van der Waals surface area contributed by atoms with Gasteiger partial charge in [0.05, 0.1) is 19.8 Å². The van der Waals surface area contributed by atoms with Crippen molar-refractivity contribution in [3.05, 3.63) is 41.7 Å². The summed E-state index contributed by atoms with van der Waals surface area (Å²) in [6.07, 6.45) is 1.61. The highest BCUT2D eigenvalue weighted by molar-refractivity contribution is 5.47. The smallest absolute Gasteiger partial charge is 0.129 e. The Morgan fingerprint density at radius 2 is 2.20 bits per heavy atom. The first-order valence-electron chi connectivity index (χ1n) is 4.75. The van der Waals surface area contributed by atoms with Crippen LogP contribution in [-0.4, -0.2) is 20.3 Å². The number of ether oxygens (including phenoxy) is 2. The van der Waals surface area contributed by atoms with Crippen molar-refractivity contribution >= 4 is 6.08 Å². The Hall–Kier alpha value is -1.19. The van der Waals surface area contributed by atoms with E-state index in [4.69, 9.17) is 9.47 Å². The van der Waals surface area contributed by atoms with Gasteiger partial charge in [-0.3, -0.25) is 0 Å². The fourth-order valence-corrected chi connectivity index (χ4v) is 1.13. The molecule has 1 aromatic rings.